The number of fused-ring (bicyclic) bond motifs is 1. The number of hydrogen-bond acceptors (Lipinski definition) is 3. The molecular weight excluding hydrogens is 176 g/mol. The minimum absolute atomic E-state index is 0.0837. The molecule has 0 spiro atoms. The Morgan fingerprint density at radius 1 is 1.36 bits per heavy atom. The predicted octanol–water partition coefficient (Wildman–Crippen LogP) is 1.25. The van der Waals surface area contributed by atoms with Crippen molar-refractivity contribution in [3.8, 4) is 0 Å². The van der Waals surface area contributed by atoms with Crippen LogP contribution in [0.5, 0.6) is 0 Å². The van der Waals surface area contributed by atoms with Gasteiger partial charge >= 0.3 is 0 Å². The second kappa shape index (κ2) is 2.51. The van der Waals surface area contributed by atoms with E-state index < -0.39 is 0 Å². The van der Waals surface area contributed by atoms with Crippen LogP contribution in [0.3, 0.4) is 0 Å². The fourth-order valence-electron chi connectivity index (χ4n) is 2.89. The van der Waals surface area contributed by atoms with Crippen molar-refractivity contribution in [3.63, 3.8) is 0 Å². The number of hydrogen-bond donors (Lipinski definition) is 1. The Bertz CT molecular complexity index is 288. The van der Waals surface area contributed by atoms with E-state index >= 15 is 0 Å². The van der Waals surface area contributed by atoms with Gasteiger partial charge in [0.1, 0.15) is 5.60 Å². The lowest BCUT2D eigenvalue weighted by Gasteiger charge is -2.21. The molecule has 3 aliphatic rings. The predicted molar refractivity (Wildman–Crippen MR) is 55.1 cm³/mol. The molecule has 3 rings (SSSR count). The lowest BCUT2D eigenvalue weighted by Crippen LogP contribution is -2.32. The fourth-order valence-corrected chi connectivity index (χ4v) is 2.89. The average Bonchev–Trinajstić information content (AvgIpc) is 2.53. The second-order valence-electron chi connectivity index (χ2n) is 5.44. The van der Waals surface area contributed by atoms with Crippen molar-refractivity contribution in [1.29, 1.82) is 0 Å². The first-order chi connectivity index (χ1) is 6.61. The number of rotatable bonds is 1. The van der Waals surface area contributed by atoms with Gasteiger partial charge in [0.25, 0.3) is 0 Å². The van der Waals surface area contributed by atoms with Crippen LogP contribution >= 0.6 is 0 Å². The smallest absolute Gasteiger partial charge is 0.140 e. The maximum absolute atomic E-state index is 5.50. The molecule has 78 valence electrons. The van der Waals surface area contributed by atoms with Gasteiger partial charge in [0, 0.05) is 11.8 Å². The molecule has 1 aliphatic carbocycles. The van der Waals surface area contributed by atoms with Crippen LogP contribution in [0.2, 0.25) is 0 Å². The van der Waals surface area contributed by atoms with E-state index in [1.165, 1.54) is 18.8 Å². The molecule has 1 saturated heterocycles. The van der Waals surface area contributed by atoms with Crippen LogP contribution in [-0.4, -0.2) is 24.4 Å². The van der Waals surface area contributed by atoms with Crippen molar-refractivity contribution in [2.24, 2.45) is 28.8 Å². The van der Waals surface area contributed by atoms with E-state index in [4.69, 9.17) is 4.84 Å². The minimum Gasteiger partial charge on any atom is -0.389 e. The maximum Gasteiger partial charge on any atom is 0.140 e. The summed E-state index contributed by atoms with van der Waals surface area (Å²) in [6.07, 6.45) is 0. The van der Waals surface area contributed by atoms with E-state index in [1.807, 2.05) is 0 Å². The number of nitrogens with one attached hydrogen (secondary N) is 1. The van der Waals surface area contributed by atoms with Crippen LogP contribution in [0.25, 0.3) is 0 Å². The molecule has 1 N–H and O–H groups in total. The molecule has 0 aromatic carbocycles. The molecule has 0 bridgehead atoms. The zero-order valence-corrected chi connectivity index (χ0v) is 9.08. The van der Waals surface area contributed by atoms with Crippen molar-refractivity contribution in [1.82, 2.24) is 5.32 Å². The van der Waals surface area contributed by atoms with Crippen molar-refractivity contribution in [2.75, 3.05) is 13.1 Å². The van der Waals surface area contributed by atoms with Crippen molar-refractivity contribution < 1.29 is 4.84 Å². The summed E-state index contributed by atoms with van der Waals surface area (Å²) >= 11 is 0. The standard InChI is InChI=1S/C11H18N2O/c1-6-10(13-14-11(6,2)3)9-7-4-12-5-8(7)9/h6-9,12H,4-5H2,1-3H3/t6?,7-,8+,9?. The Labute approximate surface area is 84.9 Å². The molecule has 2 fully saturated rings. The van der Waals surface area contributed by atoms with Gasteiger partial charge in [-0.05, 0) is 38.8 Å². The molecule has 0 radical (unpaired) electrons. The highest BCUT2D eigenvalue weighted by molar-refractivity contribution is 5.93. The van der Waals surface area contributed by atoms with Gasteiger partial charge in [-0.15, -0.1) is 0 Å². The van der Waals surface area contributed by atoms with E-state index in [1.54, 1.807) is 0 Å². The van der Waals surface area contributed by atoms with E-state index in [-0.39, 0.29) is 5.60 Å². The molecule has 2 unspecified atom stereocenters. The average molecular weight is 194 g/mol. The maximum atomic E-state index is 5.50. The molecule has 3 heteroatoms. The summed E-state index contributed by atoms with van der Waals surface area (Å²) in [6.45, 7) is 8.87. The normalized spacial score (nSPS) is 48.4. The number of oxime groups is 1. The van der Waals surface area contributed by atoms with Gasteiger partial charge in [-0.2, -0.15) is 0 Å². The van der Waals surface area contributed by atoms with E-state index in [0.29, 0.717) is 5.92 Å². The number of piperidine rings is 1. The molecule has 3 nitrogen and oxygen atoms in total. The lowest BCUT2D eigenvalue weighted by atomic mass is 9.86. The fraction of sp³-hybridized carbons (Fsp3) is 0.909. The quantitative estimate of drug-likeness (QED) is 0.681. The molecule has 4 atom stereocenters. The summed E-state index contributed by atoms with van der Waals surface area (Å²) in [5.41, 5.74) is 1.24. The van der Waals surface area contributed by atoms with Crippen LogP contribution in [0.4, 0.5) is 0 Å². The molecule has 2 heterocycles. The van der Waals surface area contributed by atoms with Gasteiger partial charge in [-0.1, -0.05) is 12.1 Å². The zero-order chi connectivity index (χ0) is 9.92. The Kier molecular flexibility index (Phi) is 1.56. The third-order valence-corrected chi connectivity index (χ3v) is 4.31. The SMILES string of the molecule is CC1C(C2[C@H]3CNC[C@@H]23)=NOC1(C)C. The van der Waals surface area contributed by atoms with Crippen LogP contribution in [0.1, 0.15) is 20.8 Å². The molecule has 0 aromatic rings. The van der Waals surface area contributed by atoms with Crippen molar-refractivity contribution >= 4 is 5.71 Å². The first-order valence-corrected chi connectivity index (χ1v) is 5.58. The van der Waals surface area contributed by atoms with Crippen molar-refractivity contribution in [2.45, 2.75) is 26.4 Å². The molecule has 0 amide bonds. The summed E-state index contributed by atoms with van der Waals surface area (Å²) in [6, 6.07) is 0. The topological polar surface area (TPSA) is 33.6 Å². The van der Waals surface area contributed by atoms with Gasteiger partial charge in [-0.3, -0.25) is 0 Å². The molecular formula is C11H18N2O. The van der Waals surface area contributed by atoms with E-state index in [2.05, 4.69) is 31.2 Å². The van der Waals surface area contributed by atoms with Gasteiger partial charge < -0.3 is 10.2 Å². The summed E-state index contributed by atoms with van der Waals surface area (Å²) in [5, 5.41) is 7.72. The Balaban J connectivity index is 1.76. The van der Waals surface area contributed by atoms with E-state index in [9.17, 15) is 0 Å². The molecule has 14 heavy (non-hydrogen) atoms. The van der Waals surface area contributed by atoms with Crippen LogP contribution in [0, 0.1) is 23.7 Å². The van der Waals surface area contributed by atoms with Crippen LogP contribution in [-0.2, 0) is 4.84 Å². The van der Waals surface area contributed by atoms with Crippen LogP contribution < -0.4 is 5.32 Å². The summed E-state index contributed by atoms with van der Waals surface area (Å²) < 4.78 is 0. The molecule has 2 aliphatic heterocycles. The summed E-state index contributed by atoms with van der Waals surface area (Å²) in [7, 11) is 0. The second-order valence-corrected chi connectivity index (χ2v) is 5.44. The third-order valence-electron chi connectivity index (χ3n) is 4.31. The van der Waals surface area contributed by atoms with Gasteiger partial charge in [0.2, 0.25) is 0 Å². The zero-order valence-electron chi connectivity index (χ0n) is 9.08. The monoisotopic (exact) mass is 194 g/mol. The third kappa shape index (κ3) is 0.991. The van der Waals surface area contributed by atoms with Gasteiger partial charge in [0.15, 0.2) is 0 Å². The lowest BCUT2D eigenvalue weighted by molar-refractivity contribution is -0.0103. The van der Waals surface area contributed by atoms with Gasteiger partial charge in [0.05, 0.1) is 5.71 Å². The molecule has 0 aromatic heterocycles. The first kappa shape index (κ1) is 8.72. The Morgan fingerprint density at radius 3 is 2.50 bits per heavy atom. The summed E-state index contributed by atoms with van der Waals surface area (Å²) in [5.74, 6) is 2.92. The van der Waals surface area contributed by atoms with E-state index in [0.717, 1.165) is 17.8 Å². The highest BCUT2D eigenvalue weighted by atomic mass is 16.7. The van der Waals surface area contributed by atoms with Crippen molar-refractivity contribution in [3.05, 3.63) is 0 Å². The largest absolute Gasteiger partial charge is 0.389 e. The number of nitrogens with zero attached hydrogens (tertiary/aromatic N) is 1. The highest BCUT2D eigenvalue weighted by Gasteiger charge is 2.59. The highest BCUT2D eigenvalue weighted by Crippen LogP contribution is 2.53. The summed E-state index contributed by atoms with van der Waals surface area (Å²) in [4.78, 5) is 5.50. The molecule has 1 saturated carbocycles. The minimum atomic E-state index is -0.0837. The van der Waals surface area contributed by atoms with Crippen LogP contribution in [0.15, 0.2) is 5.16 Å². The Morgan fingerprint density at radius 2 is 2.00 bits per heavy atom. The van der Waals surface area contributed by atoms with Gasteiger partial charge in [-0.25, -0.2) is 0 Å². The Hall–Kier alpha value is -0.570. The first-order valence-electron chi connectivity index (χ1n) is 5.58.